The van der Waals surface area contributed by atoms with Gasteiger partial charge in [-0.05, 0) is 25.1 Å². The molecule has 0 fully saturated rings. The molecule has 0 aliphatic heterocycles. The second kappa shape index (κ2) is 5.42. The number of hydrogen-bond donors (Lipinski definition) is 2. The van der Waals surface area contributed by atoms with Crippen molar-refractivity contribution in [3.8, 4) is 0 Å². The van der Waals surface area contributed by atoms with Crippen LogP contribution in [-0.2, 0) is 13.1 Å². The second-order valence-corrected chi connectivity index (χ2v) is 3.75. The molecule has 2 aromatic heterocycles. The van der Waals surface area contributed by atoms with Crippen LogP contribution in [0.2, 0.25) is 0 Å². The van der Waals surface area contributed by atoms with Crippen molar-refractivity contribution in [1.82, 2.24) is 15.3 Å². The lowest BCUT2D eigenvalue weighted by molar-refractivity contribution is 0.0921. The van der Waals surface area contributed by atoms with E-state index in [-0.39, 0.29) is 18.2 Å². The molecule has 94 valence electrons. The largest absolute Gasteiger partial charge is 0.455 e. The minimum atomic E-state index is -0.286. The minimum Gasteiger partial charge on any atom is -0.455 e. The van der Waals surface area contributed by atoms with Crippen LogP contribution in [0, 0.1) is 6.92 Å². The van der Waals surface area contributed by atoms with Crippen LogP contribution >= 0.6 is 0 Å². The van der Waals surface area contributed by atoms with E-state index < -0.39 is 0 Å². The van der Waals surface area contributed by atoms with Crippen molar-refractivity contribution < 1.29 is 9.21 Å². The smallest absolute Gasteiger partial charge is 0.287 e. The lowest BCUT2D eigenvalue weighted by atomic mass is 10.3. The van der Waals surface area contributed by atoms with Crippen LogP contribution < -0.4 is 11.1 Å². The predicted molar refractivity (Wildman–Crippen MR) is 64.5 cm³/mol. The highest BCUT2D eigenvalue weighted by Gasteiger charge is 2.10. The molecule has 0 aliphatic carbocycles. The van der Waals surface area contributed by atoms with Gasteiger partial charge >= 0.3 is 0 Å². The molecule has 3 N–H and O–H groups in total. The Kier molecular flexibility index (Phi) is 3.69. The van der Waals surface area contributed by atoms with Gasteiger partial charge in [-0.1, -0.05) is 0 Å². The third-order valence-electron chi connectivity index (χ3n) is 2.35. The number of nitrogens with two attached hydrogens (primary N) is 1. The number of aryl methyl sites for hydroxylation is 1. The van der Waals surface area contributed by atoms with Gasteiger partial charge in [-0.2, -0.15) is 0 Å². The normalized spacial score (nSPS) is 10.3. The molecule has 0 aromatic carbocycles. The second-order valence-electron chi connectivity index (χ2n) is 3.75. The maximum absolute atomic E-state index is 11.7. The van der Waals surface area contributed by atoms with Gasteiger partial charge in [0, 0.05) is 6.20 Å². The molecule has 0 aliphatic rings. The van der Waals surface area contributed by atoms with Gasteiger partial charge in [0.25, 0.3) is 5.91 Å². The topological polar surface area (TPSA) is 94.0 Å². The first kappa shape index (κ1) is 12.3. The number of carbonyl (C=O) groups excluding carboxylic acids is 1. The van der Waals surface area contributed by atoms with Gasteiger partial charge in [0.15, 0.2) is 5.76 Å². The predicted octanol–water partition coefficient (Wildman–Crippen LogP) is 0.767. The maximum atomic E-state index is 11.7. The molecule has 0 radical (unpaired) electrons. The number of aromatic nitrogens is 2. The average Bonchev–Trinajstić information content (AvgIpc) is 2.85. The SMILES string of the molecule is Cc1nccc(CNC(=O)c2ccc(CN)o2)n1. The summed E-state index contributed by atoms with van der Waals surface area (Å²) in [5, 5.41) is 2.72. The van der Waals surface area contributed by atoms with E-state index in [4.69, 9.17) is 10.2 Å². The average molecular weight is 246 g/mol. The Labute approximate surface area is 104 Å². The molecule has 0 unspecified atom stereocenters. The number of rotatable bonds is 4. The van der Waals surface area contributed by atoms with E-state index in [0.29, 0.717) is 18.1 Å². The van der Waals surface area contributed by atoms with Crippen LogP contribution in [0.15, 0.2) is 28.8 Å². The highest BCUT2D eigenvalue weighted by atomic mass is 16.4. The van der Waals surface area contributed by atoms with Crippen molar-refractivity contribution in [2.24, 2.45) is 5.73 Å². The zero-order valence-electron chi connectivity index (χ0n) is 10.0. The monoisotopic (exact) mass is 246 g/mol. The summed E-state index contributed by atoms with van der Waals surface area (Å²) in [6.07, 6.45) is 1.66. The molecule has 0 bridgehead atoms. The van der Waals surface area contributed by atoms with Crippen LogP contribution in [0.1, 0.15) is 27.8 Å². The van der Waals surface area contributed by atoms with Gasteiger partial charge in [0.2, 0.25) is 0 Å². The molecule has 6 heteroatoms. The Balaban J connectivity index is 1.96. The fraction of sp³-hybridized carbons (Fsp3) is 0.250. The molecule has 0 saturated heterocycles. The number of amides is 1. The summed E-state index contributed by atoms with van der Waals surface area (Å²) < 4.78 is 5.24. The molecule has 18 heavy (non-hydrogen) atoms. The van der Waals surface area contributed by atoms with Gasteiger partial charge < -0.3 is 15.5 Å². The molecule has 0 spiro atoms. The van der Waals surface area contributed by atoms with Crippen molar-refractivity contribution in [3.05, 3.63) is 47.4 Å². The lowest BCUT2D eigenvalue weighted by Gasteiger charge is -2.03. The van der Waals surface area contributed by atoms with Crippen LogP contribution in [0.3, 0.4) is 0 Å². The minimum absolute atomic E-state index is 0.251. The van der Waals surface area contributed by atoms with Crippen molar-refractivity contribution in [2.45, 2.75) is 20.0 Å². The molecule has 0 atom stereocenters. The third kappa shape index (κ3) is 2.92. The first-order valence-electron chi connectivity index (χ1n) is 5.54. The highest BCUT2D eigenvalue weighted by molar-refractivity contribution is 5.91. The van der Waals surface area contributed by atoms with Gasteiger partial charge in [-0.15, -0.1) is 0 Å². The van der Waals surface area contributed by atoms with E-state index in [1.807, 2.05) is 0 Å². The zero-order valence-corrected chi connectivity index (χ0v) is 10.0. The summed E-state index contributed by atoms with van der Waals surface area (Å²) in [5.74, 6) is 1.22. The Hall–Kier alpha value is -2.21. The van der Waals surface area contributed by atoms with Crippen molar-refractivity contribution in [3.63, 3.8) is 0 Å². The summed E-state index contributed by atoms with van der Waals surface area (Å²) in [7, 11) is 0. The number of furan rings is 1. The molecular formula is C12H14N4O2. The van der Waals surface area contributed by atoms with Gasteiger partial charge in [0.05, 0.1) is 18.8 Å². The quantitative estimate of drug-likeness (QED) is 0.830. The molecule has 2 rings (SSSR count). The number of hydrogen-bond acceptors (Lipinski definition) is 5. The number of nitrogens with zero attached hydrogens (tertiary/aromatic N) is 2. The molecule has 0 saturated carbocycles. The van der Waals surface area contributed by atoms with E-state index in [2.05, 4.69) is 15.3 Å². The summed E-state index contributed by atoms with van der Waals surface area (Å²) in [6, 6.07) is 5.03. The molecular weight excluding hydrogens is 232 g/mol. The van der Waals surface area contributed by atoms with Crippen molar-refractivity contribution >= 4 is 5.91 Å². The zero-order chi connectivity index (χ0) is 13.0. The maximum Gasteiger partial charge on any atom is 0.287 e. The van der Waals surface area contributed by atoms with Crippen LogP contribution in [0.4, 0.5) is 0 Å². The summed E-state index contributed by atoms with van der Waals surface area (Å²) in [6.45, 7) is 2.41. The van der Waals surface area contributed by atoms with E-state index in [1.54, 1.807) is 31.3 Å². The van der Waals surface area contributed by atoms with E-state index in [1.165, 1.54) is 0 Å². The standard InChI is InChI=1S/C12H14N4O2/c1-8-14-5-4-9(16-8)7-15-12(17)11-3-2-10(6-13)18-11/h2-5H,6-7,13H2,1H3,(H,15,17). The van der Waals surface area contributed by atoms with Gasteiger partial charge in [0.1, 0.15) is 11.6 Å². The lowest BCUT2D eigenvalue weighted by Crippen LogP contribution is -2.23. The number of nitrogens with one attached hydrogen (secondary N) is 1. The fourth-order valence-electron chi connectivity index (χ4n) is 1.47. The Morgan fingerprint density at radius 2 is 2.28 bits per heavy atom. The molecule has 2 aromatic rings. The first-order valence-corrected chi connectivity index (χ1v) is 5.54. The van der Waals surface area contributed by atoms with Crippen LogP contribution in [0.5, 0.6) is 0 Å². The van der Waals surface area contributed by atoms with Gasteiger partial charge in [-0.25, -0.2) is 9.97 Å². The third-order valence-corrected chi connectivity index (χ3v) is 2.35. The Morgan fingerprint density at radius 3 is 2.94 bits per heavy atom. The van der Waals surface area contributed by atoms with Crippen molar-refractivity contribution in [1.29, 1.82) is 0 Å². The van der Waals surface area contributed by atoms with Gasteiger partial charge in [-0.3, -0.25) is 4.79 Å². The number of carbonyl (C=O) groups is 1. The first-order chi connectivity index (χ1) is 8.69. The summed E-state index contributed by atoms with van der Waals surface area (Å²) >= 11 is 0. The van der Waals surface area contributed by atoms with Crippen LogP contribution in [0.25, 0.3) is 0 Å². The van der Waals surface area contributed by atoms with Crippen LogP contribution in [-0.4, -0.2) is 15.9 Å². The molecule has 1 amide bonds. The molecule has 2 heterocycles. The highest BCUT2D eigenvalue weighted by Crippen LogP contribution is 2.07. The summed E-state index contributed by atoms with van der Waals surface area (Å²) in [5.41, 5.74) is 6.15. The fourth-order valence-corrected chi connectivity index (χ4v) is 1.47. The molecule has 6 nitrogen and oxygen atoms in total. The summed E-state index contributed by atoms with van der Waals surface area (Å²) in [4.78, 5) is 19.9. The Morgan fingerprint density at radius 1 is 1.44 bits per heavy atom. The van der Waals surface area contributed by atoms with E-state index in [9.17, 15) is 4.79 Å². The van der Waals surface area contributed by atoms with Crippen molar-refractivity contribution in [2.75, 3.05) is 0 Å². The van der Waals surface area contributed by atoms with E-state index >= 15 is 0 Å². The Bertz CT molecular complexity index is 551. The van der Waals surface area contributed by atoms with E-state index in [0.717, 1.165) is 5.69 Å².